The molecule has 0 saturated heterocycles. The Morgan fingerprint density at radius 3 is 2.95 bits per heavy atom. The van der Waals surface area contributed by atoms with Crippen LogP contribution in [0.5, 0.6) is 0 Å². The first-order valence-electron chi connectivity index (χ1n) is 5.93. The largest absolute Gasteiger partial charge is 0.384 e. The highest BCUT2D eigenvalue weighted by atomic mass is 35.5. The molecular weight excluding hydrogens is 295 g/mol. The molecule has 0 radical (unpaired) electrons. The number of amides is 1. The fourth-order valence-electron chi connectivity index (χ4n) is 1.60. The zero-order valence-corrected chi connectivity index (χ0v) is 11.5. The van der Waals surface area contributed by atoms with E-state index in [-0.39, 0.29) is 23.0 Å². The number of aliphatic hydroxyl groups is 1. The number of benzene rings is 1. The SMILES string of the molecule is O=C(Nc1cccc(Cl)c1F)c1ncccc1C#CCO. The maximum Gasteiger partial charge on any atom is 0.275 e. The minimum atomic E-state index is -0.716. The Morgan fingerprint density at radius 1 is 1.38 bits per heavy atom. The number of hydrogen-bond donors (Lipinski definition) is 2. The lowest BCUT2D eigenvalue weighted by Crippen LogP contribution is -2.16. The second kappa shape index (κ2) is 6.84. The zero-order valence-electron chi connectivity index (χ0n) is 10.7. The minimum Gasteiger partial charge on any atom is -0.384 e. The molecule has 0 unspecified atom stereocenters. The van der Waals surface area contributed by atoms with Crippen molar-refractivity contribution in [2.75, 3.05) is 11.9 Å². The maximum absolute atomic E-state index is 13.8. The van der Waals surface area contributed by atoms with Gasteiger partial charge in [-0.15, -0.1) is 0 Å². The van der Waals surface area contributed by atoms with E-state index >= 15 is 0 Å². The molecule has 6 heteroatoms. The number of carbonyl (C=O) groups excluding carboxylic acids is 1. The second-order valence-electron chi connectivity index (χ2n) is 3.91. The summed E-state index contributed by atoms with van der Waals surface area (Å²) in [4.78, 5) is 16.1. The molecule has 2 N–H and O–H groups in total. The van der Waals surface area contributed by atoms with Crippen LogP contribution in [-0.2, 0) is 0 Å². The van der Waals surface area contributed by atoms with E-state index < -0.39 is 11.7 Å². The Hall–Kier alpha value is -2.42. The van der Waals surface area contributed by atoms with Crippen LogP contribution >= 0.6 is 11.6 Å². The lowest BCUT2D eigenvalue weighted by Gasteiger charge is -2.07. The standard InChI is InChI=1S/C15H10ClFN2O2/c16-11-6-1-7-12(13(11)17)19-15(21)14-10(5-3-9-20)4-2-8-18-14/h1-2,4,6-8,20H,9H2,(H,19,21). The van der Waals surface area contributed by atoms with Crippen molar-refractivity contribution in [3.8, 4) is 11.8 Å². The van der Waals surface area contributed by atoms with Gasteiger partial charge in [0.05, 0.1) is 16.3 Å². The summed E-state index contributed by atoms with van der Waals surface area (Å²) >= 11 is 5.65. The highest BCUT2D eigenvalue weighted by Crippen LogP contribution is 2.22. The molecule has 0 aliphatic heterocycles. The summed E-state index contributed by atoms with van der Waals surface area (Å²) in [6.07, 6.45) is 1.42. The van der Waals surface area contributed by atoms with Gasteiger partial charge in [0, 0.05) is 6.20 Å². The maximum atomic E-state index is 13.8. The van der Waals surface area contributed by atoms with Gasteiger partial charge in [-0.05, 0) is 24.3 Å². The van der Waals surface area contributed by atoms with Crippen LogP contribution in [0.15, 0.2) is 36.5 Å². The molecule has 2 rings (SSSR count). The number of aliphatic hydroxyl groups excluding tert-OH is 1. The van der Waals surface area contributed by atoms with Gasteiger partial charge in [0.1, 0.15) is 12.3 Å². The topological polar surface area (TPSA) is 62.2 Å². The molecule has 1 aromatic carbocycles. The number of pyridine rings is 1. The van der Waals surface area contributed by atoms with Gasteiger partial charge in [0.25, 0.3) is 5.91 Å². The van der Waals surface area contributed by atoms with Crippen LogP contribution < -0.4 is 5.32 Å². The van der Waals surface area contributed by atoms with Gasteiger partial charge in [-0.25, -0.2) is 9.37 Å². The molecule has 0 atom stereocenters. The Bertz CT molecular complexity index is 738. The molecule has 0 aliphatic carbocycles. The third kappa shape index (κ3) is 3.57. The van der Waals surface area contributed by atoms with E-state index in [4.69, 9.17) is 16.7 Å². The van der Waals surface area contributed by atoms with E-state index in [2.05, 4.69) is 22.1 Å². The number of nitrogens with zero attached hydrogens (tertiary/aromatic N) is 1. The van der Waals surface area contributed by atoms with Gasteiger partial charge in [-0.2, -0.15) is 0 Å². The molecular formula is C15H10ClFN2O2. The predicted octanol–water partition coefficient (Wildman–Crippen LogP) is 2.47. The van der Waals surface area contributed by atoms with Crippen LogP contribution in [-0.4, -0.2) is 22.6 Å². The van der Waals surface area contributed by atoms with Crippen molar-refractivity contribution >= 4 is 23.2 Å². The van der Waals surface area contributed by atoms with Gasteiger partial charge in [0.2, 0.25) is 0 Å². The van der Waals surface area contributed by atoms with E-state index in [9.17, 15) is 9.18 Å². The molecule has 0 fully saturated rings. The number of rotatable bonds is 2. The van der Waals surface area contributed by atoms with Gasteiger partial charge < -0.3 is 10.4 Å². The van der Waals surface area contributed by atoms with Crippen molar-refractivity contribution in [2.45, 2.75) is 0 Å². The van der Waals surface area contributed by atoms with Crippen LogP contribution in [0.3, 0.4) is 0 Å². The molecule has 0 saturated carbocycles. The molecule has 1 amide bonds. The van der Waals surface area contributed by atoms with Crippen LogP contribution in [0.1, 0.15) is 16.1 Å². The summed E-state index contributed by atoms with van der Waals surface area (Å²) in [5.41, 5.74) is 0.337. The van der Waals surface area contributed by atoms with Crippen molar-refractivity contribution in [2.24, 2.45) is 0 Å². The van der Waals surface area contributed by atoms with E-state index in [0.717, 1.165) is 0 Å². The van der Waals surface area contributed by atoms with Gasteiger partial charge >= 0.3 is 0 Å². The highest BCUT2D eigenvalue weighted by Gasteiger charge is 2.14. The molecule has 0 bridgehead atoms. The smallest absolute Gasteiger partial charge is 0.275 e. The molecule has 2 aromatic rings. The average Bonchev–Trinajstić information content (AvgIpc) is 2.50. The second-order valence-corrected chi connectivity index (χ2v) is 4.32. The quantitative estimate of drug-likeness (QED) is 0.838. The monoisotopic (exact) mass is 304 g/mol. The molecule has 1 aromatic heterocycles. The third-order valence-electron chi connectivity index (χ3n) is 2.52. The van der Waals surface area contributed by atoms with Crippen LogP contribution in [0.25, 0.3) is 0 Å². The fourth-order valence-corrected chi connectivity index (χ4v) is 1.78. The number of anilines is 1. The van der Waals surface area contributed by atoms with Crippen molar-refractivity contribution in [1.82, 2.24) is 4.98 Å². The summed E-state index contributed by atoms with van der Waals surface area (Å²) in [7, 11) is 0. The molecule has 4 nitrogen and oxygen atoms in total. The molecule has 0 spiro atoms. The Labute approximate surface area is 125 Å². The van der Waals surface area contributed by atoms with Crippen LogP contribution in [0.2, 0.25) is 5.02 Å². The first-order valence-corrected chi connectivity index (χ1v) is 6.31. The molecule has 1 heterocycles. The zero-order chi connectivity index (χ0) is 15.2. The summed E-state index contributed by atoms with van der Waals surface area (Å²) in [5.74, 6) is 3.72. The van der Waals surface area contributed by atoms with E-state index in [1.54, 1.807) is 12.1 Å². The van der Waals surface area contributed by atoms with Crippen molar-refractivity contribution in [1.29, 1.82) is 0 Å². The van der Waals surface area contributed by atoms with Crippen molar-refractivity contribution < 1.29 is 14.3 Å². The van der Waals surface area contributed by atoms with Crippen molar-refractivity contribution in [3.63, 3.8) is 0 Å². The average molecular weight is 305 g/mol. The summed E-state index contributed by atoms with van der Waals surface area (Å²) in [6.45, 7) is -0.334. The fraction of sp³-hybridized carbons (Fsp3) is 0.0667. The lowest BCUT2D eigenvalue weighted by molar-refractivity contribution is 0.102. The number of nitrogens with one attached hydrogen (secondary N) is 1. The summed E-state index contributed by atoms with van der Waals surface area (Å²) in [6, 6.07) is 7.48. The predicted molar refractivity (Wildman–Crippen MR) is 77.6 cm³/mol. The minimum absolute atomic E-state index is 0.0397. The van der Waals surface area contributed by atoms with Gasteiger partial charge in [-0.1, -0.05) is 29.5 Å². The molecule has 0 aliphatic rings. The third-order valence-corrected chi connectivity index (χ3v) is 2.82. The number of carbonyl (C=O) groups is 1. The van der Waals surface area contributed by atoms with Gasteiger partial charge in [-0.3, -0.25) is 4.79 Å². The van der Waals surface area contributed by atoms with Crippen LogP contribution in [0, 0.1) is 17.7 Å². The number of halogens is 2. The van der Waals surface area contributed by atoms with E-state index in [1.807, 2.05) is 0 Å². The Balaban J connectivity index is 2.31. The number of aromatic nitrogens is 1. The highest BCUT2D eigenvalue weighted by molar-refractivity contribution is 6.31. The normalized spacial score (nSPS) is 9.67. The summed E-state index contributed by atoms with van der Waals surface area (Å²) in [5, 5.41) is 11.0. The number of hydrogen-bond acceptors (Lipinski definition) is 3. The van der Waals surface area contributed by atoms with Crippen molar-refractivity contribution in [3.05, 3.63) is 58.6 Å². The first kappa shape index (κ1) is 15.0. The van der Waals surface area contributed by atoms with Crippen LogP contribution in [0.4, 0.5) is 10.1 Å². The Morgan fingerprint density at radius 2 is 2.19 bits per heavy atom. The molecule has 21 heavy (non-hydrogen) atoms. The first-order chi connectivity index (χ1) is 10.1. The lowest BCUT2D eigenvalue weighted by atomic mass is 10.2. The van der Waals surface area contributed by atoms with E-state index in [0.29, 0.717) is 5.56 Å². The molecule has 106 valence electrons. The summed E-state index contributed by atoms with van der Waals surface area (Å²) < 4.78 is 13.8. The Kier molecular flexibility index (Phi) is 4.88. The van der Waals surface area contributed by atoms with Gasteiger partial charge in [0.15, 0.2) is 5.82 Å². The van der Waals surface area contributed by atoms with E-state index in [1.165, 1.54) is 24.4 Å².